The van der Waals surface area contributed by atoms with Crippen molar-refractivity contribution < 1.29 is 18.7 Å². The molecular weight excluding hydrogens is 458 g/mol. The third kappa shape index (κ3) is 4.14. The summed E-state index contributed by atoms with van der Waals surface area (Å²) in [7, 11) is 3.59. The number of furan rings is 1. The van der Waals surface area contributed by atoms with E-state index in [-0.39, 0.29) is 17.6 Å². The molecule has 9 heteroatoms. The number of likely N-dealkylation sites (tertiary alicyclic amines) is 1. The van der Waals surface area contributed by atoms with E-state index in [9.17, 15) is 9.59 Å². The molecule has 9 nitrogen and oxygen atoms in total. The van der Waals surface area contributed by atoms with E-state index in [1.54, 1.807) is 25.4 Å². The number of amides is 2. The molecule has 4 heterocycles. The number of hydrogen-bond donors (Lipinski definition) is 1. The summed E-state index contributed by atoms with van der Waals surface area (Å²) in [6, 6.07) is 9.13. The molecule has 1 fully saturated rings. The average Bonchev–Trinajstić information content (AvgIpc) is 3.57. The molecule has 2 aliphatic heterocycles. The van der Waals surface area contributed by atoms with Gasteiger partial charge in [0.1, 0.15) is 11.6 Å². The Balaban J connectivity index is 1.43. The fraction of sp³-hybridized carbons (Fsp3) is 0.370. The molecule has 0 radical (unpaired) electrons. The molecule has 0 spiro atoms. The molecule has 0 unspecified atom stereocenters. The molecule has 36 heavy (non-hydrogen) atoms. The molecule has 1 saturated heterocycles. The smallest absolute Gasteiger partial charge is 0.296 e. The van der Waals surface area contributed by atoms with Gasteiger partial charge in [0, 0.05) is 44.9 Å². The first kappa shape index (κ1) is 23.7. The minimum Gasteiger partial charge on any atom is -0.492 e. The SMILES string of the molecule is CCOc1cc(C(=O)N2CC[C@H](CC)C2)ccc1Nc1cc2c(cn1)N(C)C(=O)c1occc1N2C. The quantitative estimate of drug-likeness (QED) is 0.518. The van der Waals surface area contributed by atoms with Gasteiger partial charge in [0.05, 0.1) is 41.8 Å². The molecule has 0 saturated carbocycles. The number of ether oxygens (including phenoxy) is 1. The number of nitrogens with one attached hydrogen (secondary N) is 1. The highest BCUT2D eigenvalue weighted by Crippen LogP contribution is 2.41. The lowest BCUT2D eigenvalue weighted by Crippen LogP contribution is -2.28. The van der Waals surface area contributed by atoms with Gasteiger partial charge in [0.25, 0.3) is 11.8 Å². The van der Waals surface area contributed by atoms with Gasteiger partial charge in [0.2, 0.25) is 5.76 Å². The lowest BCUT2D eigenvalue weighted by atomic mass is 10.1. The van der Waals surface area contributed by atoms with Crippen LogP contribution in [0.5, 0.6) is 5.75 Å². The van der Waals surface area contributed by atoms with Crippen molar-refractivity contribution in [1.29, 1.82) is 0 Å². The third-order valence-electron chi connectivity index (χ3n) is 7.03. The second-order valence-electron chi connectivity index (χ2n) is 9.20. The third-order valence-corrected chi connectivity index (χ3v) is 7.03. The van der Waals surface area contributed by atoms with Crippen LogP contribution in [0, 0.1) is 5.92 Å². The van der Waals surface area contributed by atoms with Gasteiger partial charge in [-0.1, -0.05) is 13.3 Å². The maximum absolute atomic E-state index is 13.1. The normalized spacial score (nSPS) is 17.1. The summed E-state index contributed by atoms with van der Waals surface area (Å²) in [4.78, 5) is 35.8. The molecule has 1 N–H and O–H groups in total. The van der Waals surface area contributed by atoms with Gasteiger partial charge in [0.15, 0.2) is 0 Å². The number of carbonyl (C=O) groups is 2. The summed E-state index contributed by atoms with van der Waals surface area (Å²) < 4.78 is 11.3. The van der Waals surface area contributed by atoms with Crippen molar-refractivity contribution in [3.05, 3.63) is 54.1 Å². The fourth-order valence-electron chi connectivity index (χ4n) is 4.86. The van der Waals surface area contributed by atoms with Gasteiger partial charge in [-0.25, -0.2) is 4.98 Å². The molecular formula is C27H31N5O4. The molecule has 3 aromatic rings. The van der Waals surface area contributed by atoms with Crippen LogP contribution >= 0.6 is 0 Å². The summed E-state index contributed by atoms with van der Waals surface area (Å²) in [5.41, 5.74) is 3.48. The van der Waals surface area contributed by atoms with Crippen molar-refractivity contribution in [2.75, 3.05) is 48.9 Å². The van der Waals surface area contributed by atoms with Gasteiger partial charge in [-0.15, -0.1) is 0 Å². The van der Waals surface area contributed by atoms with Crippen LogP contribution in [0.15, 0.2) is 47.2 Å². The maximum atomic E-state index is 13.1. The van der Waals surface area contributed by atoms with E-state index >= 15 is 0 Å². The van der Waals surface area contributed by atoms with Gasteiger partial charge in [-0.05, 0) is 37.5 Å². The molecule has 2 aromatic heterocycles. The van der Waals surface area contributed by atoms with Crippen LogP contribution in [0.4, 0.5) is 28.6 Å². The van der Waals surface area contributed by atoms with Crippen molar-refractivity contribution in [1.82, 2.24) is 9.88 Å². The van der Waals surface area contributed by atoms with Gasteiger partial charge in [-0.2, -0.15) is 0 Å². The predicted molar refractivity (Wildman–Crippen MR) is 139 cm³/mol. The Morgan fingerprint density at radius 2 is 1.97 bits per heavy atom. The number of benzene rings is 1. The predicted octanol–water partition coefficient (Wildman–Crippen LogP) is 5.05. The van der Waals surface area contributed by atoms with Gasteiger partial charge >= 0.3 is 0 Å². The number of pyridine rings is 1. The van der Waals surface area contributed by atoms with Crippen LogP contribution in [0.25, 0.3) is 0 Å². The topological polar surface area (TPSA) is 91.2 Å². The monoisotopic (exact) mass is 489 g/mol. The van der Waals surface area contributed by atoms with Crippen molar-refractivity contribution in [3.63, 3.8) is 0 Å². The van der Waals surface area contributed by atoms with Crippen LogP contribution in [0.3, 0.4) is 0 Å². The number of nitrogens with zero attached hydrogens (tertiary/aromatic N) is 4. The second kappa shape index (κ2) is 9.56. The summed E-state index contributed by atoms with van der Waals surface area (Å²) in [5, 5.41) is 3.33. The van der Waals surface area contributed by atoms with Gasteiger partial charge < -0.3 is 29.2 Å². The number of anilines is 5. The number of hydrogen-bond acceptors (Lipinski definition) is 7. The Morgan fingerprint density at radius 1 is 1.14 bits per heavy atom. The molecule has 2 amide bonds. The van der Waals surface area contributed by atoms with Crippen molar-refractivity contribution >= 4 is 40.4 Å². The first-order valence-electron chi connectivity index (χ1n) is 12.3. The minimum absolute atomic E-state index is 0.0341. The van der Waals surface area contributed by atoms with Crippen LogP contribution < -0.4 is 19.9 Å². The van der Waals surface area contributed by atoms with Crippen molar-refractivity contribution in [2.45, 2.75) is 26.7 Å². The average molecular weight is 490 g/mol. The van der Waals surface area contributed by atoms with Crippen LogP contribution in [-0.2, 0) is 0 Å². The second-order valence-corrected chi connectivity index (χ2v) is 9.20. The number of carbonyl (C=O) groups excluding carboxylic acids is 2. The van der Waals surface area contributed by atoms with Crippen LogP contribution in [-0.4, -0.2) is 55.5 Å². The van der Waals surface area contributed by atoms with E-state index in [1.807, 2.05) is 42.0 Å². The Hall–Kier alpha value is -4.01. The molecule has 5 rings (SSSR count). The Bertz CT molecular complexity index is 1300. The van der Waals surface area contributed by atoms with E-state index in [0.29, 0.717) is 46.7 Å². The zero-order valence-corrected chi connectivity index (χ0v) is 21.1. The zero-order valence-electron chi connectivity index (χ0n) is 21.1. The van der Waals surface area contributed by atoms with Crippen LogP contribution in [0.2, 0.25) is 0 Å². The highest BCUT2D eigenvalue weighted by molar-refractivity contribution is 6.11. The largest absolute Gasteiger partial charge is 0.492 e. The Morgan fingerprint density at radius 3 is 2.72 bits per heavy atom. The molecule has 0 aliphatic carbocycles. The Labute approximate surface area is 210 Å². The van der Waals surface area contributed by atoms with E-state index < -0.39 is 0 Å². The molecule has 188 valence electrons. The van der Waals surface area contributed by atoms with E-state index in [2.05, 4.69) is 17.2 Å². The Kier molecular flexibility index (Phi) is 6.30. The lowest BCUT2D eigenvalue weighted by Gasteiger charge is -2.22. The molecule has 0 bridgehead atoms. The number of fused-ring (bicyclic) bond motifs is 2. The van der Waals surface area contributed by atoms with E-state index in [0.717, 1.165) is 31.6 Å². The summed E-state index contributed by atoms with van der Waals surface area (Å²) in [6.45, 7) is 6.15. The first-order chi connectivity index (χ1) is 17.4. The fourth-order valence-corrected chi connectivity index (χ4v) is 4.86. The molecule has 1 aromatic carbocycles. The minimum atomic E-state index is -0.231. The number of rotatable bonds is 6. The summed E-state index contributed by atoms with van der Waals surface area (Å²) in [5.74, 6) is 1.83. The summed E-state index contributed by atoms with van der Waals surface area (Å²) in [6.07, 6.45) is 5.32. The van der Waals surface area contributed by atoms with Crippen molar-refractivity contribution in [2.24, 2.45) is 5.92 Å². The molecule has 1 atom stereocenters. The zero-order chi connectivity index (χ0) is 25.4. The lowest BCUT2D eigenvalue weighted by molar-refractivity contribution is 0.0786. The van der Waals surface area contributed by atoms with Gasteiger partial charge in [-0.3, -0.25) is 9.59 Å². The highest BCUT2D eigenvalue weighted by atomic mass is 16.5. The van der Waals surface area contributed by atoms with Crippen LogP contribution in [0.1, 0.15) is 47.6 Å². The van der Waals surface area contributed by atoms with Crippen molar-refractivity contribution in [3.8, 4) is 5.75 Å². The maximum Gasteiger partial charge on any atom is 0.296 e. The van der Waals surface area contributed by atoms with E-state index in [1.165, 1.54) is 11.2 Å². The first-order valence-corrected chi connectivity index (χ1v) is 12.3. The standard InChI is InChI=1S/C27H31N5O4/c1-5-17-9-11-32(16-17)26(33)18-7-8-19(23(13-18)35-6-2)29-24-14-21-22(15-28-24)31(4)27(34)25-20(30(21)3)10-12-36-25/h7-8,10,12-15,17H,5-6,9,11,16H2,1-4H3,(H,28,29)/t17-/m0/s1. The number of aromatic nitrogens is 1. The summed E-state index contributed by atoms with van der Waals surface area (Å²) >= 11 is 0. The molecule has 2 aliphatic rings. The highest BCUT2D eigenvalue weighted by Gasteiger charge is 2.31. The van der Waals surface area contributed by atoms with E-state index in [4.69, 9.17) is 9.15 Å².